The van der Waals surface area contributed by atoms with E-state index in [0.717, 1.165) is 34.5 Å². The number of hydrogen-bond donors (Lipinski definition) is 1. The van der Waals surface area contributed by atoms with Gasteiger partial charge in [-0.05, 0) is 19.5 Å². The maximum absolute atomic E-state index is 12.3. The number of Topliss-reactive ketones (excluding diaryl/α,β-unsaturated/α-hetero) is 1. The molecule has 102 valence electrons. The molecule has 0 aliphatic rings. The molecule has 0 aliphatic heterocycles. The standard InChI is InChI=1S/C15H20N2O2/c1-5-16-9-12(18)14-10(2)17(3)15-11(14)7-6-8-13(15)19-4/h6-8,16H,5,9H2,1-4H3. The molecule has 4 nitrogen and oxygen atoms in total. The Bertz CT molecular complexity index is 614. The summed E-state index contributed by atoms with van der Waals surface area (Å²) in [5.41, 5.74) is 2.74. The second-order valence-electron chi connectivity index (χ2n) is 4.58. The quantitative estimate of drug-likeness (QED) is 0.839. The number of likely N-dealkylation sites (N-methyl/N-ethyl adjacent to an activating group) is 1. The number of ether oxygens (including phenoxy) is 1. The molecule has 0 amide bonds. The first kappa shape index (κ1) is 13.6. The molecule has 4 heteroatoms. The van der Waals surface area contributed by atoms with E-state index in [2.05, 4.69) is 5.32 Å². The van der Waals surface area contributed by atoms with Gasteiger partial charge in [-0.15, -0.1) is 0 Å². The van der Waals surface area contributed by atoms with Crippen LogP contribution in [0.1, 0.15) is 23.0 Å². The molecular weight excluding hydrogens is 240 g/mol. The van der Waals surface area contributed by atoms with Crippen LogP contribution < -0.4 is 10.1 Å². The van der Waals surface area contributed by atoms with E-state index < -0.39 is 0 Å². The van der Waals surface area contributed by atoms with E-state index in [1.165, 1.54) is 0 Å². The summed E-state index contributed by atoms with van der Waals surface area (Å²) in [6.45, 7) is 5.12. The lowest BCUT2D eigenvalue weighted by Gasteiger charge is -2.04. The molecule has 0 atom stereocenters. The fraction of sp³-hybridized carbons (Fsp3) is 0.400. The van der Waals surface area contributed by atoms with Gasteiger partial charge in [-0.2, -0.15) is 0 Å². The van der Waals surface area contributed by atoms with E-state index in [1.54, 1.807) is 7.11 Å². The summed E-state index contributed by atoms with van der Waals surface area (Å²) < 4.78 is 7.41. The van der Waals surface area contributed by atoms with Crippen molar-refractivity contribution in [2.75, 3.05) is 20.2 Å². The van der Waals surface area contributed by atoms with Gasteiger partial charge in [-0.1, -0.05) is 19.1 Å². The molecule has 1 heterocycles. The molecule has 0 aliphatic carbocycles. The number of hydrogen-bond acceptors (Lipinski definition) is 3. The number of rotatable bonds is 5. The van der Waals surface area contributed by atoms with Crippen molar-refractivity contribution >= 4 is 16.7 Å². The average molecular weight is 260 g/mol. The normalized spacial score (nSPS) is 10.9. The second kappa shape index (κ2) is 5.45. The molecule has 0 saturated carbocycles. The number of methoxy groups -OCH3 is 1. The van der Waals surface area contributed by atoms with Crippen molar-refractivity contribution in [2.24, 2.45) is 7.05 Å². The first-order valence-electron chi connectivity index (χ1n) is 6.47. The maximum atomic E-state index is 12.3. The molecule has 2 rings (SSSR count). The van der Waals surface area contributed by atoms with Crippen LogP contribution in [0.5, 0.6) is 5.75 Å². The van der Waals surface area contributed by atoms with E-state index in [-0.39, 0.29) is 5.78 Å². The van der Waals surface area contributed by atoms with Gasteiger partial charge in [0.25, 0.3) is 0 Å². The summed E-state index contributed by atoms with van der Waals surface area (Å²) in [5, 5.41) is 4.05. The molecular formula is C15H20N2O2. The first-order valence-corrected chi connectivity index (χ1v) is 6.47. The molecule has 0 bridgehead atoms. The van der Waals surface area contributed by atoms with Crippen molar-refractivity contribution in [1.82, 2.24) is 9.88 Å². The number of aromatic nitrogens is 1. The van der Waals surface area contributed by atoms with Gasteiger partial charge in [0.15, 0.2) is 5.78 Å². The zero-order valence-electron chi connectivity index (χ0n) is 11.9. The number of benzene rings is 1. The Hall–Kier alpha value is -1.81. The van der Waals surface area contributed by atoms with E-state index in [9.17, 15) is 4.79 Å². The summed E-state index contributed by atoms with van der Waals surface area (Å²) in [7, 11) is 3.61. The summed E-state index contributed by atoms with van der Waals surface area (Å²) in [5.74, 6) is 0.920. The van der Waals surface area contributed by atoms with Gasteiger partial charge in [0.05, 0.1) is 19.2 Å². The molecule has 1 N–H and O–H groups in total. The van der Waals surface area contributed by atoms with Crippen LogP contribution >= 0.6 is 0 Å². The SMILES string of the molecule is CCNCC(=O)c1c(C)n(C)c2c(OC)cccc12. The molecule has 0 saturated heterocycles. The summed E-state index contributed by atoms with van der Waals surface area (Å²) >= 11 is 0. The first-order chi connectivity index (χ1) is 9.11. The highest BCUT2D eigenvalue weighted by Gasteiger charge is 2.19. The number of carbonyl (C=O) groups is 1. The van der Waals surface area contributed by atoms with Crippen LogP contribution in [-0.2, 0) is 7.05 Å². The molecule has 0 radical (unpaired) electrons. The summed E-state index contributed by atoms with van der Waals surface area (Å²) in [6, 6.07) is 5.81. The van der Waals surface area contributed by atoms with Gasteiger partial charge in [-0.25, -0.2) is 0 Å². The molecule has 19 heavy (non-hydrogen) atoms. The van der Waals surface area contributed by atoms with Crippen LogP contribution in [0.25, 0.3) is 10.9 Å². The third-order valence-corrected chi connectivity index (χ3v) is 3.50. The van der Waals surface area contributed by atoms with Crippen molar-refractivity contribution in [3.8, 4) is 5.75 Å². The number of ketones is 1. The van der Waals surface area contributed by atoms with Crippen LogP contribution in [0.15, 0.2) is 18.2 Å². The topological polar surface area (TPSA) is 43.3 Å². The molecule has 0 unspecified atom stereocenters. The smallest absolute Gasteiger partial charge is 0.179 e. The van der Waals surface area contributed by atoms with Crippen LogP contribution in [0, 0.1) is 6.92 Å². The lowest BCUT2D eigenvalue weighted by molar-refractivity contribution is 0.0992. The third kappa shape index (κ3) is 2.24. The monoisotopic (exact) mass is 260 g/mol. The average Bonchev–Trinajstić information content (AvgIpc) is 2.68. The Balaban J connectivity index is 2.62. The predicted molar refractivity (Wildman–Crippen MR) is 77.1 cm³/mol. The number of fused-ring (bicyclic) bond motifs is 1. The van der Waals surface area contributed by atoms with Crippen molar-refractivity contribution in [2.45, 2.75) is 13.8 Å². The van der Waals surface area contributed by atoms with E-state index in [4.69, 9.17) is 4.74 Å². The lowest BCUT2D eigenvalue weighted by atomic mass is 10.1. The number of aryl methyl sites for hydroxylation is 1. The highest BCUT2D eigenvalue weighted by molar-refractivity contribution is 6.11. The highest BCUT2D eigenvalue weighted by Crippen LogP contribution is 2.31. The number of para-hydroxylation sites is 1. The highest BCUT2D eigenvalue weighted by atomic mass is 16.5. The Morgan fingerprint density at radius 1 is 1.42 bits per heavy atom. The van der Waals surface area contributed by atoms with Gasteiger partial charge >= 0.3 is 0 Å². The second-order valence-corrected chi connectivity index (χ2v) is 4.58. The summed E-state index contributed by atoms with van der Waals surface area (Å²) in [6.07, 6.45) is 0. The zero-order chi connectivity index (χ0) is 14.0. The van der Waals surface area contributed by atoms with Crippen molar-refractivity contribution in [1.29, 1.82) is 0 Å². The zero-order valence-corrected chi connectivity index (χ0v) is 11.9. The minimum Gasteiger partial charge on any atom is -0.495 e. The lowest BCUT2D eigenvalue weighted by Crippen LogP contribution is -2.23. The Labute approximate surface area is 113 Å². The van der Waals surface area contributed by atoms with Crippen molar-refractivity contribution < 1.29 is 9.53 Å². The van der Waals surface area contributed by atoms with Crippen LogP contribution in [0.2, 0.25) is 0 Å². The number of carbonyl (C=O) groups excluding carboxylic acids is 1. The Morgan fingerprint density at radius 2 is 2.16 bits per heavy atom. The minimum atomic E-state index is 0.123. The van der Waals surface area contributed by atoms with E-state index >= 15 is 0 Å². The molecule has 1 aromatic heterocycles. The molecule has 1 aromatic carbocycles. The van der Waals surface area contributed by atoms with Crippen LogP contribution in [0.3, 0.4) is 0 Å². The molecule has 0 fully saturated rings. The van der Waals surface area contributed by atoms with Gasteiger partial charge in [0.1, 0.15) is 5.75 Å². The number of nitrogens with one attached hydrogen (secondary N) is 1. The predicted octanol–water partition coefficient (Wildman–Crippen LogP) is 2.29. The minimum absolute atomic E-state index is 0.123. The van der Waals surface area contributed by atoms with Crippen LogP contribution in [-0.4, -0.2) is 30.5 Å². The summed E-state index contributed by atoms with van der Waals surface area (Å²) in [4.78, 5) is 12.3. The maximum Gasteiger partial charge on any atom is 0.179 e. The van der Waals surface area contributed by atoms with E-state index in [1.807, 2.05) is 43.7 Å². The van der Waals surface area contributed by atoms with Crippen molar-refractivity contribution in [3.63, 3.8) is 0 Å². The van der Waals surface area contributed by atoms with Gasteiger partial charge in [0, 0.05) is 23.7 Å². The van der Waals surface area contributed by atoms with Gasteiger partial charge in [-0.3, -0.25) is 4.79 Å². The molecule has 0 spiro atoms. The Morgan fingerprint density at radius 3 is 2.79 bits per heavy atom. The van der Waals surface area contributed by atoms with Gasteiger partial charge < -0.3 is 14.6 Å². The largest absolute Gasteiger partial charge is 0.495 e. The fourth-order valence-corrected chi connectivity index (χ4v) is 2.44. The fourth-order valence-electron chi connectivity index (χ4n) is 2.44. The number of nitrogens with zero attached hydrogens (tertiary/aromatic N) is 1. The van der Waals surface area contributed by atoms with E-state index in [0.29, 0.717) is 6.54 Å². The van der Waals surface area contributed by atoms with Crippen LogP contribution in [0.4, 0.5) is 0 Å². The Kier molecular flexibility index (Phi) is 3.90. The van der Waals surface area contributed by atoms with Gasteiger partial charge in [0.2, 0.25) is 0 Å². The molecule has 2 aromatic rings. The third-order valence-electron chi connectivity index (χ3n) is 3.50. The van der Waals surface area contributed by atoms with Crippen molar-refractivity contribution in [3.05, 3.63) is 29.5 Å².